The van der Waals surface area contributed by atoms with Gasteiger partial charge in [0.15, 0.2) is 0 Å². The van der Waals surface area contributed by atoms with Crippen LogP contribution in [0.4, 0.5) is 10.1 Å². The molecule has 1 heterocycles. The second kappa shape index (κ2) is 5.49. The third-order valence-electron chi connectivity index (χ3n) is 2.78. The first-order valence-corrected chi connectivity index (χ1v) is 5.65. The number of H-pyrrole nitrogens is 1. The Morgan fingerprint density at radius 1 is 1.53 bits per heavy atom. The smallest absolute Gasteiger partial charge is 0.253 e. The number of carbonyl (C=O) groups is 1. The number of hydrogen-bond acceptors (Lipinski definition) is 4. The fourth-order valence-electron chi connectivity index (χ4n) is 1.68. The molecule has 0 aliphatic rings. The van der Waals surface area contributed by atoms with Gasteiger partial charge in [0.2, 0.25) is 0 Å². The summed E-state index contributed by atoms with van der Waals surface area (Å²) in [7, 11) is 0. The first kappa shape index (κ1) is 13.0. The molecule has 0 radical (unpaired) electrons. The topological polar surface area (TPSA) is 95.8 Å². The van der Waals surface area contributed by atoms with E-state index >= 15 is 0 Å². The Morgan fingerprint density at radius 3 is 2.95 bits per heavy atom. The molecule has 0 fully saturated rings. The summed E-state index contributed by atoms with van der Waals surface area (Å²) in [6.07, 6.45) is 1.63. The van der Waals surface area contributed by atoms with Crippen LogP contribution in [0.3, 0.4) is 0 Å². The fraction of sp³-hybridized carbons (Fsp3) is 0.167. The molecule has 0 aliphatic carbocycles. The third-order valence-corrected chi connectivity index (χ3v) is 2.78. The second-order valence-corrected chi connectivity index (χ2v) is 4.01. The molecule has 100 valence electrons. The number of nitrogens with two attached hydrogens (primary N) is 1. The highest BCUT2D eigenvalue weighted by molar-refractivity contribution is 5.99. The molecule has 0 bridgehead atoms. The first-order chi connectivity index (χ1) is 9.13. The number of benzene rings is 1. The van der Waals surface area contributed by atoms with E-state index in [1.165, 1.54) is 18.2 Å². The molecule has 1 aromatic heterocycles. The van der Waals surface area contributed by atoms with E-state index in [4.69, 9.17) is 5.84 Å². The summed E-state index contributed by atoms with van der Waals surface area (Å²) in [5.74, 6) is 4.24. The zero-order valence-electron chi connectivity index (χ0n) is 10.3. The lowest BCUT2D eigenvalue weighted by atomic mass is 10.1. The largest absolute Gasteiger partial charge is 0.348 e. The number of hydrazine groups is 1. The Hall–Kier alpha value is -2.41. The second-order valence-electron chi connectivity index (χ2n) is 4.01. The van der Waals surface area contributed by atoms with E-state index in [1.807, 2.05) is 6.92 Å². The van der Waals surface area contributed by atoms with Gasteiger partial charge in [-0.25, -0.2) is 4.39 Å². The Labute approximate surface area is 109 Å². The Kier molecular flexibility index (Phi) is 3.76. The summed E-state index contributed by atoms with van der Waals surface area (Å²) in [6.45, 7) is 2.16. The molecule has 0 saturated carbocycles. The van der Waals surface area contributed by atoms with Crippen molar-refractivity contribution in [2.45, 2.75) is 13.5 Å². The van der Waals surface area contributed by atoms with Crippen molar-refractivity contribution >= 4 is 11.6 Å². The lowest BCUT2D eigenvalue weighted by Crippen LogP contribution is -2.25. The van der Waals surface area contributed by atoms with Crippen molar-refractivity contribution < 1.29 is 9.18 Å². The predicted octanol–water partition coefficient (Wildman–Crippen LogP) is 1.07. The number of aromatic nitrogens is 2. The van der Waals surface area contributed by atoms with Gasteiger partial charge >= 0.3 is 0 Å². The minimum Gasteiger partial charge on any atom is -0.348 e. The van der Waals surface area contributed by atoms with Crippen molar-refractivity contribution in [2.75, 3.05) is 5.43 Å². The van der Waals surface area contributed by atoms with Crippen molar-refractivity contribution in [1.29, 1.82) is 0 Å². The number of hydrogen-bond donors (Lipinski definition) is 4. The minimum atomic E-state index is -0.574. The van der Waals surface area contributed by atoms with Crippen LogP contribution in [0.15, 0.2) is 24.4 Å². The zero-order chi connectivity index (χ0) is 13.8. The van der Waals surface area contributed by atoms with Gasteiger partial charge in [0.05, 0.1) is 17.4 Å². The Bertz CT molecular complexity index is 596. The zero-order valence-corrected chi connectivity index (χ0v) is 10.3. The minimum absolute atomic E-state index is 0.0242. The number of halogens is 1. The fourth-order valence-corrected chi connectivity index (χ4v) is 1.68. The van der Waals surface area contributed by atoms with Crippen molar-refractivity contribution in [3.63, 3.8) is 0 Å². The predicted molar refractivity (Wildman–Crippen MR) is 68.7 cm³/mol. The van der Waals surface area contributed by atoms with E-state index < -0.39 is 11.7 Å². The van der Waals surface area contributed by atoms with E-state index in [0.717, 1.165) is 11.3 Å². The van der Waals surface area contributed by atoms with E-state index in [0.29, 0.717) is 6.54 Å². The third kappa shape index (κ3) is 2.71. The summed E-state index contributed by atoms with van der Waals surface area (Å²) in [5.41, 5.74) is 4.07. The highest BCUT2D eigenvalue weighted by Gasteiger charge is 2.14. The highest BCUT2D eigenvalue weighted by atomic mass is 19.1. The number of nitrogen functional groups attached to an aromatic ring is 1. The maximum absolute atomic E-state index is 13.5. The number of nitrogens with one attached hydrogen (secondary N) is 3. The molecule has 5 N–H and O–H groups in total. The molecule has 0 spiro atoms. The van der Waals surface area contributed by atoms with Gasteiger partial charge in [-0.1, -0.05) is 6.07 Å². The molecular weight excluding hydrogens is 249 g/mol. The Balaban J connectivity index is 2.12. The van der Waals surface area contributed by atoms with Crippen LogP contribution in [-0.2, 0) is 6.54 Å². The lowest BCUT2D eigenvalue weighted by molar-refractivity contribution is 0.0951. The van der Waals surface area contributed by atoms with Crippen LogP contribution in [0.5, 0.6) is 0 Å². The van der Waals surface area contributed by atoms with Gasteiger partial charge in [0.1, 0.15) is 5.82 Å². The quantitative estimate of drug-likeness (QED) is 0.490. The van der Waals surface area contributed by atoms with Gasteiger partial charge in [0, 0.05) is 17.8 Å². The molecule has 1 amide bonds. The Morgan fingerprint density at radius 2 is 2.32 bits per heavy atom. The molecule has 1 aromatic carbocycles. The number of nitrogens with zero attached hydrogens (tertiary/aromatic N) is 1. The van der Waals surface area contributed by atoms with Gasteiger partial charge in [-0.15, -0.1) is 0 Å². The summed E-state index contributed by atoms with van der Waals surface area (Å²) in [5, 5.41) is 9.30. The summed E-state index contributed by atoms with van der Waals surface area (Å²) in [6, 6.07) is 4.18. The van der Waals surface area contributed by atoms with E-state index in [1.54, 1.807) is 6.20 Å². The molecule has 0 aliphatic heterocycles. The van der Waals surface area contributed by atoms with Gasteiger partial charge < -0.3 is 10.7 Å². The number of rotatable bonds is 4. The average molecular weight is 263 g/mol. The molecule has 0 atom stereocenters. The number of aromatic amines is 1. The molecule has 2 aromatic rings. The van der Waals surface area contributed by atoms with Crippen LogP contribution in [-0.4, -0.2) is 16.1 Å². The van der Waals surface area contributed by atoms with Crippen molar-refractivity contribution in [1.82, 2.24) is 15.5 Å². The number of amides is 1. The van der Waals surface area contributed by atoms with Crippen LogP contribution in [0.1, 0.15) is 21.6 Å². The van der Waals surface area contributed by atoms with Gasteiger partial charge in [-0.2, -0.15) is 5.10 Å². The summed E-state index contributed by atoms with van der Waals surface area (Å²) >= 11 is 0. The van der Waals surface area contributed by atoms with E-state index in [9.17, 15) is 9.18 Å². The first-order valence-electron chi connectivity index (χ1n) is 5.65. The number of carbonyl (C=O) groups excluding carboxylic acids is 1. The highest BCUT2D eigenvalue weighted by Crippen LogP contribution is 2.18. The van der Waals surface area contributed by atoms with E-state index in [2.05, 4.69) is 20.9 Å². The molecule has 0 unspecified atom stereocenters. The maximum atomic E-state index is 13.5. The molecule has 19 heavy (non-hydrogen) atoms. The molecular formula is C12H14FN5O. The molecule has 2 rings (SSSR count). The van der Waals surface area contributed by atoms with Crippen LogP contribution in [0.25, 0.3) is 0 Å². The van der Waals surface area contributed by atoms with Gasteiger partial charge in [-0.05, 0) is 19.1 Å². The van der Waals surface area contributed by atoms with Crippen LogP contribution < -0.4 is 16.6 Å². The van der Waals surface area contributed by atoms with E-state index in [-0.39, 0.29) is 11.3 Å². The number of anilines is 1. The summed E-state index contributed by atoms with van der Waals surface area (Å²) in [4.78, 5) is 12.0. The monoisotopic (exact) mass is 263 g/mol. The van der Waals surface area contributed by atoms with Gasteiger partial charge in [-0.3, -0.25) is 15.7 Å². The lowest BCUT2D eigenvalue weighted by Gasteiger charge is -2.10. The average Bonchev–Trinajstić information content (AvgIpc) is 2.81. The molecule has 6 nitrogen and oxygen atoms in total. The van der Waals surface area contributed by atoms with Crippen molar-refractivity contribution in [3.05, 3.63) is 47.0 Å². The number of para-hydroxylation sites is 1. The number of aryl methyl sites for hydroxylation is 1. The summed E-state index contributed by atoms with van der Waals surface area (Å²) < 4.78 is 13.5. The van der Waals surface area contributed by atoms with Crippen molar-refractivity contribution in [2.24, 2.45) is 5.84 Å². The van der Waals surface area contributed by atoms with Crippen LogP contribution in [0.2, 0.25) is 0 Å². The van der Waals surface area contributed by atoms with Crippen LogP contribution in [0, 0.1) is 12.7 Å². The normalized spacial score (nSPS) is 10.3. The van der Waals surface area contributed by atoms with Gasteiger partial charge in [0.25, 0.3) is 5.91 Å². The standard InChI is InChI=1S/C12H14FN5O/c1-7-8(6-16-18-7)5-15-12(19)9-3-2-4-10(13)11(9)17-14/h2-4,6,17H,5,14H2,1H3,(H,15,19)(H,16,18). The SMILES string of the molecule is Cc1[nH]ncc1CNC(=O)c1cccc(F)c1NN. The van der Waals surface area contributed by atoms with Crippen LogP contribution >= 0.6 is 0 Å². The maximum Gasteiger partial charge on any atom is 0.253 e. The molecule has 7 heteroatoms. The van der Waals surface area contributed by atoms with Crippen molar-refractivity contribution in [3.8, 4) is 0 Å². The molecule has 0 saturated heterocycles.